The normalized spacial score (nSPS) is 16.8. The summed E-state index contributed by atoms with van der Waals surface area (Å²) in [7, 11) is 0. The van der Waals surface area contributed by atoms with Gasteiger partial charge >= 0.3 is 5.97 Å². The largest absolute Gasteiger partial charge is 0.478 e. The fraction of sp³-hybridized carbons (Fsp3) is 0.167. The first-order chi connectivity index (χ1) is 12.0. The zero-order chi connectivity index (χ0) is 18.0. The van der Waals surface area contributed by atoms with E-state index < -0.39 is 23.7 Å². The maximum Gasteiger partial charge on any atom is 0.335 e. The molecule has 1 fully saturated rings. The number of para-hydroxylation sites is 1. The minimum Gasteiger partial charge on any atom is -0.478 e. The Balaban J connectivity index is 1.69. The zero-order valence-electron chi connectivity index (χ0n) is 13.1. The van der Waals surface area contributed by atoms with E-state index in [0.717, 1.165) is 0 Å². The lowest BCUT2D eigenvalue weighted by Gasteiger charge is -2.17. The number of carbonyl (C=O) groups excluding carboxylic acids is 2. The number of benzene rings is 2. The van der Waals surface area contributed by atoms with Crippen LogP contribution >= 0.6 is 0 Å². The van der Waals surface area contributed by atoms with Gasteiger partial charge in [-0.05, 0) is 42.8 Å². The molecule has 0 saturated carbocycles. The van der Waals surface area contributed by atoms with Gasteiger partial charge in [-0.1, -0.05) is 12.1 Å². The maximum absolute atomic E-state index is 13.8. The molecule has 0 unspecified atom stereocenters. The molecular formula is C18H15FN2O4. The van der Waals surface area contributed by atoms with Crippen LogP contribution in [0.2, 0.25) is 0 Å². The van der Waals surface area contributed by atoms with Crippen LogP contribution in [0.5, 0.6) is 0 Å². The highest BCUT2D eigenvalue weighted by Gasteiger charge is 2.34. The highest BCUT2D eigenvalue weighted by atomic mass is 19.1. The third kappa shape index (κ3) is 3.35. The number of anilines is 1. The standard InChI is InChI=1S/C18H15FN2O4/c19-13-3-1-2-4-15(13)21-10-9-14(17(21)23)20-16(22)11-5-7-12(8-6-11)18(24)25/h1-8,14H,9-10H2,(H,20,22)(H,24,25)/t14-/m1/s1. The smallest absolute Gasteiger partial charge is 0.335 e. The fourth-order valence-electron chi connectivity index (χ4n) is 2.73. The van der Waals surface area contributed by atoms with E-state index in [2.05, 4.69) is 5.32 Å². The number of amides is 2. The molecule has 0 aliphatic carbocycles. The summed E-state index contributed by atoms with van der Waals surface area (Å²) in [4.78, 5) is 36.8. The van der Waals surface area contributed by atoms with Gasteiger partial charge in [0.25, 0.3) is 5.91 Å². The third-order valence-corrected chi connectivity index (χ3v) is 4.05. The minimum atomic E-state index is -1.08. The molecule has 1 heterocycles. The quantitative estimate of drug-likeness (QED) is 0.890. The Morgan fingerprint density at radius 1 is 1.08 bits per heavy atom. The van der Waals surface area contributed by atoms with E-state index in [1.807, 2.05) is 0 Å². The van der Waals surface area contributed by atoms with Gasteiger partial charge in [-0.15, -0.1) is 0 Å². The van der Waals surface area contributed by atoms with Crippen molar-refractivity contribution in [1.82, 2.24) is 5.32 Å². The highest BCUT2D eigenvalue weighted by Crippen LogP contribution is 2.24. The van der Waals surface area contributed by atoms with Crippen molar-refractivity contribution >= 4 is 23.5 Å². The average molecular weight is 342 g/mol. The minimum absolute atomic E-state index is 0.0687. The number of rotatable bonds is 4. The molecule has 128 valence electrons. The van der Waals surface area contributed by atoms with Gasteiger partial charge in [0.15, 0.2) is 0 Å². The van der Waals surface area contributed by atoms with Crippen molar-refractivity contribution < 1.29 is 23.9 Å². The molecule has 1 saturated heterocycles. The van der Waals surface area contributed by atoms with Crippen molar-refractivity contribution in [2.75, 3.05) is 11.4 Å². The lowest BCUT2D eigenvalue weighted by atomic mass is 10.1. The van der Waals surface area contributed by atoms with Crippen LogP contribution in [-0.2, 0) is 4.79 Å². The summed E-state index contributed by atoms with van der Waals surface area (Å²) in [5, 5.41) is 11.5. The number of carboxylic acid groups (broad SMARTS) is 1. The lowest BCUT2D eigenvalue weighted by molar-refractivity contribution is -0.118. The maximum atomic E-state index is 13.8. The molecule has 2 aromatic rings. The summed E-state index contributed by atoms with van der Waals surface area (Å²) >= 11 is 0. The summed E-state index contributed by atoms with van der Waals surface area (Å²) in [5.41, 5.74) is 0.511. The Morgan fingerprint density at radius 2 is 1.72 bits per heavy atom. The van der Waals surface area contributed by atoms with Gasteiger partial charge in [-0.3, -0.25) is 9.59 Å². The number of nitrogens with zero attached hydrogens (tertiary/aromatic N) is 1. The van der Waals surface area contributed by atoms with E-state index >= 15 is 0 Å². The molecule has 1 atom stereocenters. The number of carbonyl (C=O) groups is 3. The first-order valence-corrected chi connectivity index (χ1v) is 7.67. The van der Waals surface area contributed by atoms with Gasteiger partial charge in [0.05, 0.1) is 11.3 Å². The zero-order valence-corrected chi connectivity index (χ0v) is 13.1. The second-order valence-electron chi connectivity index (χ2n) is 5.64. The predicted molar refractivity (Wildman–Crippen MR) is 88.0 cm³/mol. The summed E-state index contributed by atoms with van der Waals surface area (Å²) in [6, 6.07) is 10.6. The van der Waals surface area contributed by atoms with Crippen LogP contribution in [0, 0.1) is 5.82 Å². The number of carboxylic acids is 1. The molecule has 0 aromatic heterocycles. The monoisotopic (exact) mass is 342 g/mol. The molecule has 25 heavy (non-hydrogen) atoms. The summed E-state index contributed by atoms with van der Waals surface area (Å²) in [6.07, 6.45) is 0.367. The van der Waals surface area contributed by atoms with E-state index in [9.17, 15) is 18.8 Å². The SMILES string of the molecule is O=C(O)c1ccc(C(=O)N[C@@H]2CCN(c3ccccc3F)C2=O)cc1. The van der Waals surface area contributed by atoms with Crippen LogP contribution in [-0.4, -0.2) is 35.5 Å². The van der Waals surface area contributed by atoms with Crippen molar-refractivity contribution in [3.63, 3.8) is 0 Å². The van der Waals surface area contributed by atoms with E-state index in [1.54, 1.807) is 12.1 Å². The van der Waals surface area contributed by atoms with Gasteiger partial charge in [0.2, 0.25) is 5.91 Å². The summed E-state index contributed by atoms with van der Waals surface area (Å²) < 4.78 is 13.8. The second-order valence-corrected chi connectivity index (χ2v) is 5.64. The Kier molecular flexibility index (Phi) is 4.47. The third-order valence-electron chi connectivity index (χ3n) is 4.05. The Labute approximate surface area is 142 Å². The number of halogens is 1. The first kappa shape index (κ1) is 16.6. The molecule has 1 aliphatic heterocycles. The van der Waals surface area contributed by atoms with Crippen LogP contribution in [0.25, 0.3) is 0 Å². The number of nitrogens with one attached hydrogen (secondary N) is 1. The van der Waals surface area contributed by atoms with Crippen molar-refractivity contribution in [2.45, 2.75) is 12.5 Å². The van der Waals surface area contributed by atoms with Crippen molar-refractivity contribution in [3.8, 4) is 0 Å². The molecule has 0 spiro atoms. The Bertz CT molecular complexity index is 835. The topological polar surface area (TPSA) is 86.7 Å². The molecule has 2 amide bonds. The molecule has 6 nitrogen and oxygen atoms in total. The first-order valence-electron chi connectivity index (χ1n) is 7.67. The van der Waals surface area contributed by atoms with Crippen molar-refractivity contribution in [3.05, 3.63) is 65.5 Å². The molecule has 2 aromatic carbocycles. The summed E-state index contributed by atoms with van der Waals surface area (Å²) in [5.74, 6) is -2.43. The molecular weight excluding hydrogens is 327 g/mol. The summed E-state index contributed by atoms with van der Waals surface area (Å²) in [6.45, 7) is 0.308. The number of aromatic carboxylic acids is 1. The van der Waals surface area contributed by atoms with E-state index in [-0.39, 0.29) is 22.7 Å². The van der Waals surface area contributed by atoms with Crippen molar-refractivity contribution in [2.24, 2.45) is 0 Å². The Hall–Kier alpha value is -3.22. The average Bonchev–Trinajstić information content (AvgIpc) is 2.96. The van der Waals surface area contributed by atoms with Crippen LogP contribution in [0.3, 0.4) is 0 Å². The molecule has 2 N–H and O–H groups in total. The fourth-order valence-corrected chi connectivity index (χ4v) is 2.73. The van der Waals surface area contributed by atoms with E-state index in [1.165, 1.54) is 41.3 Å². The van der Waals surface area contributed by atoms with Gasteiger partial charge < -0.3 is 15.3 Å². The van der Waals surface area contributed by atoms with Gasteiger partial charge in [-0.2, -0.15) is 0 Å². The van der Waals surface area contributed by atoms with Crippen molar-refractivity contribution in [1.29, 1.82) is 0 Å². The van der Waals surface area contributed by atoms with Gasteiger partial charge in [0.1, 0.15) is 11.9 Å². The number of hydrogen-bond donors (Lipinski definition) is 2. The molecule has 0 radical (unpaired) electrons. The number of hydrogen-bond acceptors (Lipinski definition) is 3. The van der Waals surface area contributed by atoms with E-state index in [4.69, 9.17) is 5.11 Å². The van der Waals surface area contributed by atoms with Crippen LogP contribution < -0.4 is 10.2 Å². The predicted octanol–water partition coefficient (Wildman–Crippen LogP) is 2.06. The van der Waals surface area contributed by atoms with Crippen LogP contribution in [0.1, 0.15) is 27.1 Å². The lowest BCUT2D eigenvalue weighted by Crippen LogP contribution is -2.41. The molecule has 1 aliphatic rings. The van der Waals surface area contributed by atoms with E-state index in [0.29, 0.717) is 13.0 Å². The highest BCUT2D eigenvalue weighted by molar-refractivity contribution is 6.04. The van der Waals surface area contributed by atoms with Gasteiger partial charge in [-0.25, -0.2) is 9.18 Å². The van der Waals surface area contributed by atoms with Crippen LogP contribution in [0.15, 0.2) is 48.5 Å². The Morgan fingerprint density at radius 3 is 2.36 bits per heavy atom. The molecule has 7 heteroatoms. The van der Waals surface area contributed by atoms with Crippen LogP contribution in [0.4, 0.5) is 10.1 Å². The van der Waals surface area contributed by atoms with Gasteiger partial charge in [0, 0.05) is 12.1 Å². The molecule has 0 bridgehead atoms. The molecule has 3 rings (SSSR count). The second kappa shape index (κ2) is 6.72.